The molecule has 0 fully saturated rings. The lowest BCUT2D eigenvalue weighted by molar-refractivity contribution is -0.402. The molecular weight excluding hydrogens is 655 g/mol. The van der Waals surface area contributed by atoms with E-state index in [2.05, 4.69) is 52.5 Å². The zero-order valence-electron chi connectivity index (χ0n) is 29.3. The van der Waals surface area contributed by atoms with Gasteiger partial charge in [0.15, 0.2) is 0 Å². The number of hydrogen-bond donors (Lipinski definition) is 1. The maximum atomic E-state index is 14.3. The fourth-order valence-electron chi connectivity index (χ4n) is 4.73. The van der Waals surface area contributed by atoms with E-state index in [1.165, 1.54) is 28.9 Å². The average molecular weight is 711 g/mol. The Labute approximate surface area is 292 Å². The summed E-state index contributed by atoms with van der Waals surface area (Å²) in [6.45, 7) is 12.9. The summed E-state index contributed by atoms with van der Waals surface area (Å²) in [5.74, 6) is -0.695. The van der Waals surface area contributed by atoms with Gasteiger partial charge in [-0.15, -0.1) is 11.6 Å². The number of halogens is 1. The van der Waals surface area contributed by atoms with Gasteiger partial charge in [0, 0.05) is 25.4 Å². The number of allylic oxidation sites excluding steroid dienone is 8. The Bertz CT molecular complexity index is 1300. The number of furan rings is 1. The summed E-state index contributed by atoms with van der Waals surface area (Å²) in [5.41, 5.74) is 5.03. The Morgan fingerprint density at radius 1 is 0.938 bits per heavy atom. The molecule has 1 heterocycles. The Morgan fingerprint density at radius 2 is 1.56 bits per heavy atom. The lowest BCUT2D eigenvalue weighted by atomic mass is 10.0. The quantitative estimate of drug-likeness (QED) is 0.0171. The summed E-state index contributed by atoms with van der Waals surface area (Å²) >= 11 is 5.85. The summed E-state index contributed by atoms with van der Waals surface area (Å²) in [7, 11) is -3.94. The molecule has 1 aromatic heterocycles. The van der Waals surface area contributed by atoms with Crippen molar-refractivity contribution in [2.75, 3.05) is 25.6 Å². The zero-order chi connectivity index (χ0) is 35.8. The molecule has 0 aromatic carbocycles. The van der Waals surface area contributed by atoms with Gasteiger partial charge in [-0.3, -0.25) is 24.0 Å². The molecule has 270 valence electrons. The fourth-order valence-corrected chi connectivity index (χ4v) is 6.65. The van der Waals surface area contributed by atoms with Crippen molar-refractivity contribution in [2.24, 2.45) is 0 Å². The molecule has 48 heavy (non-hydrogen) atoms. The van der Waals surface area contributed by atoms with Crippen LogP contribution in [0, 0.1) is 10.1 Å². The van der Waals surface area contributed by atoms with Crippen molar-refractivity contribution in [3.05, 3.63) is 87.3 Å². The topological polar surface area (TPSA) is 132 Å². The molecule has 0 bridgehead atoms. The summed E-state index contributed by atoms with van der Waals surface area (Å²) in [6, 6.07) is 2.61. The minimum Gasteiger partial charge on any atom is -0.481 e. The third-order valence-corrected chi connectivity index (χ3v) is 9.84. The molecule has 0 radical (unpaired) electrons. The number of hydrogen-bond acceptors (Lipinski definition) is 7. The molecule has 0 amide bonds. The van der Waals surface area contributed by atoms with Crippen molar-refractivity contribution < 1.29 is 32.9 Å². The molecule has 12 heteroatoms. The van der Waals surface area contributed by atoms with Crippen LogP contribution >= 0.6 is 19.3 Å². The van der Waals surface area contributed by atoms with E-state index in [9.17, 15) is 19.5 Å². The molecule has 1 N–H and O–H groups in total. The van der Waals surface area contributed by atoms with E-state index in [-0.39, 0.29) is 31.9 Å². The van der Waals surface area contributed by atoms with E-state index >= 15 is 0 Å². The SMILES string of the molecule is C=C/C(=C\COP(=O)(OCc1ccc([N+](=O)[O-])o1)N(CCCCCCl)CCCCC(=O)O)CC/C=C(\C)CC/C=C(\C)CCC=C(C)C. The number of carboxylic acid groups (broad SMARTS) is 1. The molecule has 10 nitrogen and oxygen atoms in total. The largest absolute Gasteiger partial charge is 0.481 e. The summed E-state index contributed by atoms with van der Waals surface area (Å²) in [5, 5.41) is 20.1. The van der Waals surface area contributed by atoms with Gasteiger partial charge in [-0.1, -0.05) is 60.1 Å². The Kier molecular flexibility index (Phi) is 22.8. The second-order valence-electron chi connectivity index (χ2n) is 12.1. The van der Waals surface area contributed by atoms with Crippen LogP contribution in [0.1, 0.15) is 111 Å². The van der Waals surface area contributed by atoms with Crippen molar-refractivity contribution in [1.82, 2.24) is 4.67 Å². The number of carbonyl (C=O) groups is 1. The minimum atomic E-state index is -3.94. The van der Waals surface area contributed by atoms with Gasteiger partial charge in [0.25, 0.3) is 0 Å². The predicted octanol–water partition coefficient (Wildman–Crippen LogP) is 11.1. The second kappa shape index (κ2) is 25.3. The molecular formula is C36H56ClN2O8P. The van der Waals surface area contributed by atoms with Gasteiger partial charge in [-0.2, -0.15) is 0 Å². The van der Waals surface area contributed by atoms with Crippen molar-refractivity contribution in [2.45, 2.75) is 111 Å². The molecule has 0 aliphatic heterocycles. The Morgan fingerprint density at radius 3 is 2.12 bits per heavy atom. The fraction of sp³-hybridized carbons (Fsp3) is 0.583. The first kappa shape index (κ1) is 43.3. The summed E-state index contributed by atoms with van der Waals surface area (Å²) < 4.78 is 33.0. The van der Waals surface area contributed by atoms with Gasteiger partial charge in [0.2, 0.25) is 0 Å². The van der Waals surface area contributed by atoms with Crippen LogP contribution in [0.3, 0.4) is 0 Å². The van der Waals surface area contributed by atoms with E-state index < -0.39 is 24.5 Å². The molecule has 0 saturated heterocycles. The van der Waals surface area contributed by atoms with Gasteiger partial charge in [-0.05, 0) is 104 Å². The van der Waals surface area contributed by atoms with Crippen LogP contribution < -0.4 is 0 Å². The first-order valence-electron chi connectivity index (χ1n) is 16.8. The van der Waals surface area contributed by atoms with E-state index in [4.69, 9.17) is 30.2 Å². The number of carboxylic acids is 1. The number of unbranched alkanes of at least 4 members (excludes halogenated alkanes) is 3. The Hall–Kier alpha value is -2.75. The van der Waals surface area contributed by atoms with Crippen LogP contribution in [0.2, 0.25) is 0 Å². The molecule has 1 aromatic rings. The summed E-state index contributed by atoms with van der Waals surface area (Å²) in [6.07, 6.45) is 19.3. The molecule has 1 atom stereocenters. The normalized spacial score (nSPS) is 13.8. The maximum absolute atomic E-state index is 14.3. The monoisotopic (exact) mass is 710 g/mol. The van der Waals surface area contributed by atoms with Crippen LogP contribution in [0.4, 0.5) is 5.88 Å². The van der Waals surface area contributed by atoms with Crippen LogP contribution in [-0.4, -0.2) is 46.2 Å². The first-order valence-corrected chi connectivity index (χ1v) is 18.8. The van der Waals surface area contributed by atoms with Crippen LogP contribution in [0.25, 0.3) is 0 Å². The lowest BCUT2D eigenvalue weighted by Crippen LogP contribution is -2.26. The predicted molar refractivity (Wildman–Crippen MR) is 194 cm³/mol. The second-order valence-corrected chi connectivity index (χ2v) is 14.5. The van der Waals surface area contributed by atoms with Crippen molar-refractivity contribution in [3.8, 4) is 0 Å². The molecule has 0 aliphatic carbocycles. The van der Waals surface area contributed by atoms with Crippen molar-refractivity contribution in [1.29, 1.82) is 0 Å². The zero-order valence-corrected chi connectivity index (χ0v) is 30.9. The third-order valence-electron chi connectivity index (χ3n) is 7.54. The first-order chi connectivity index (χ1) is 22.9. The van der Waals surface area contributed by atoms with E-state index in [1.54, 1.807) is 10.7 Å². The van der Waals surface area contributed by atoms with E-state index in [1.807, 2.05) is 6.08 Å². The molecule has 0 spiro atoms. The highest BCUT2D eigenvalue weighted by Gasteiger charge is 2.34. The highest BCUT2D eigenvalue weighted by Crippen LogP contribution is 2.53. The molecule has 0 aliphatic rings. The number of aliphatic carboxylic acids is 1. The molecule has 1 unspecified atom stereocenters. The summed E-state index contributed by atoms with van der Waals surface area (Å²) in [4.78, 5) is 21.5. The third kappa shape index (κ3) is 19.9. The van der Waals surface area contributed by atoms with Gasteiger partial charge < -0.3 is 9.52 Å². The lowest BCUT2D eigenvalue weighted by Gasteiger charge is -2.30. The Balaban J connectivity index is 2.94. The number of nitrogens with zero attached hydrogens (tertiary/aromatic N) is 2. The maximum Gasteiger partial charge on any atom is 0.433 e. The smallest absolute Gasteiger partial charge is 0.433 e. The van der Waals surface area contributed by atoms with E-state index in [0.29, 0.717) is 31.7 Å². The highest BCUT2D eigenvalue weighted by molar-refractivity contribution is 7.51. The van der Waals surface area contributed by atoms with Gasteiger partial charge >= 0.3 is 19.6 Å². The van der Waals surface area contributed by atoms with Crippen LogP contribution in [0.15, 0.2) is 75.8 Å². The van der Waals surface area contributed by atoms with Gasteiger partial charge in [-0.25, -0.2) is 9.24 Å². The van der Waals surface area contributed by atoms with Crippen molar-refractivity contribution >= 4 is 31.2 Å². The van der Waals surface area contributed by atoms with Crippen molar-refractivity contribution in [3.63, 3.8) is 0 Å². The van der Waals surface area contributed by atoms with Crippen LogP contribution in [0.5, 0.6) is 0 Å². The molecule has 0 saturated carbocycles. The van der Waals surface area contributed by atoms with Gasteiger partial charge in [0.1, 0.15) is 17.3 Å². The average Bonchev–Trinajstić information content (AvgIpc) is 3.52. The van der Waals surface area contributed by atoms with Gasteiger partial charge in [0.05, 0.1) is 12.7 Å². The number of nitro groups is 1. The minimum absolute atomic E-state index is 0.00549. The molecule has 1 rings (SSSR count). The number of rotatable bonds is 28. The van der Waals surface area contributed by atoms with Crippen LogP contribution in [-0.2, 0) is 25.0 Å². The standard InChI is InChI=1S/C36H56ClN2O8P/c1-6-33(20-14-19-32(5)18-13-17-31(4)16-12-15-30(2)3)24-28-45-48(44,46-29-34-22-23-35(47-34)39(42)43)38(26-10-7-9-25-37)27-11-8-21-36(40)41/h6,15,17,19,22-24H,1,7-14,16,18,20-21,25-29H2,2-5H3,(H,40,41)/b31-17+,32-19+,33-24+. The highest BCUT2D eigenvalue weighted by atomic mass is 35.5. The van der Waals surface area contributed by atoms with E-state index in [0.717, 1.165) is 56.9 Å². The number of alkyl halides is 1.